The lowest BCUT2D eigenvalue weighted by molar-refractivity contribution is 0.355. The van der Waals surface area contributed by atoms with Crippen LogP contribution in [0.25, 0.3) is 33.8 Å². The molecule has 6 nitrogen and oxygen atoms in total. The number of halogens is 2. The van der Waals surface area contributed by atoms with Crippen LogP contribution in [0.4, 0.5) is 4.39 Å². The van der Waals surface area contributed by atoms with E-state index in [0.717, 1.165) is 5.56 Å². The molecule has 0 aliphatic carbocycles. The topological polar surface area (TPSA) is 75.8 Å². The van der Waals surface area contributed by atoms with Crippen LogP contribution in [0, 0.1) is 5.82 Å². The minimum Gasteiger partial charge on any atom is -0.493 e. The fourth-order valence-electron chi connectivity index (χ4n) is 2.72. The Morgan fingerprint density at radius 1 is 1.04 bits per heavy atom. The Hall–Kier alpha value is -3.06. The highest BCUT2D eigenvalue weighted by Crippen LogP contribution is 2.33. The van der Waals surface area contributed by atoms with Crippen LogP contribution in [-0.2, 0) is 0 Å². The molecule has 0 unspecified atom stereocenters. The summed E-state index contributed by atoms with van der Waals surface area (Å²) in [7, 11) is 3.16. The predicted octanol–water partition coefficient (Wildman–Crippen LogP) is 4.43. The van der Waals surface area contributed by atoms with Crippen LogP contribution in [0.1, 0.15) is 0 Å². The van der Waals surface area contributed by atoms with E-state index < -0.39 is 5.82 Å². The van der Waals surface area contributed by atoms with Gasteiger partial charge in [0, 0.05) is 11.6 Å². The lowest BCUT2D eigenvalue weighted by Crippen LogP contribution is -1.90. The van der Waals surface area contributed by atoms with E-state index in [-0.39, 0.29) is 5.02 Å². The van der Waals surface area contributed by atoms with Crippen molar-refractivity contribution in [1.29, 1.82) is 0 Å². The number of nitrogens with zero attached hydrogens (tertiary/aromatic N) is 2. The Labute approximate surface area is 152 Å². The van der Waals surface area contributed by atoms with Crippen molar-refractivity contribution in [3.8, 4) is 34.3 Å². The van der Waals surface area contributed by atoms with Crippen molar-refractivity contribution in [2.24, 2.45) is 0 Å². The molecular weight excluding hydrogens is 359 g/mol. The van der Waals surface area contributed by atoms with Crippen molar-refractivity contribution in [1.82, 2.24) is 20.2 Å². The maximum absolute atomic E-state index is 13.6. The highest BCUT2D eigenvalue weighted by molar-refractivity contribution is 6.31. The number of benzene rings is 2. The van der Waals surface area contributed by atoms with Crippen molar-refractivity contribution in [2.45, 2.75) is 0 Å². The van der Waals surface area contributed by atoms with Gasteiger partial charge in [-0.05, 0) is 30.3 Å². The summed E-state index contributed by atoms with van der Waals surface area (Å²) in [6, 6.07) is 10.2. The zero-order valence-corrected chi connectivity index (χ0v) is 14.7. The second-order valence-electron chi connectivity index (χ2n) is 5.61. The summed E-state index contributed by atoms with van der Waals surface area (Å²) in [4.78, 5) is 7.49. The van der Waals surface area contributed by atoms with Crippen LogP contribution >= 0.6 is 11.6 Å². The van der Waals surface area contributed by atoms with Crippen LogP contribution < -0.4 is 9.47 Å². The Kier molecular flexibility index (Phi) is 4.00. The number of methoxy groups -OCH3 is 2. The number of rotatable bonds is 4. The predicted molar refractivity (Wildman–Crippen MR) is 97.2 cm³/mol. The Bertz CT molecular complexity index is 1070. The first-order valence-corrected chi connectivity index (χ1v) is 8.10. The molecule has 26 heavy (non-hydrogen) atoms. The van der Waals surface area contributed by atoms with Gasteiger partial charge in [-0.3, -0.25) is 5.10 Å². The smallest absolute Gasteiger partial charge is 0.161 e. The van der Waals surface area contributed by atoms with Gasteiger partial charge in [-0.2, -0.15) is 5.10 Å². The van der Waals surface area contributed by atoms with Gasteiger partial charge in [-0.1, -0.05) is 11.6 Å². The fraction of sp³-hybridized carbons (Fsp3) is 0.111. The first-order chi connectivity index (χ1) is 12.6. The van der Waals surface area contributed by atoms with Gasteiger partial charge >= 0.3 is 0 Å². The molecule has 0 saturated carbocycles. The summed E-state index contributed by atoms with van der Waals surface area (Å²) in [5, 5.41) is 7.29. The van der Waals surface area contributed by atoms with Gasteiger partial charge in [0.2, 0.25) is 0 Å². The Morgan fingerprint density at radius 3 is 2.62 bits per heavy atom. The molecule has 0 atom stereocenters. The molecule has 0 amide bonds. The number of fused-ring (bicyclic) bond motifs is 1. The standard InChI is InChI=1S/C18H14ClFN4O2/c1-25-16-4-3-9(5-17(16)26-2)12-8-15(24-23-12)18-21-13-6-10(19)11(20)7-14(13)22-18/h3-8H,1-2H3,(H,21,22)(H,23,24). The highest BCUT2D eigenvalue weighted by Gasteiger charge is 2.13. The first kappa shape index (κ1) is 16.4. The van der Waals surface area contributed by atoms with E-state index in [1.54, 1.807) is 14.2 Å². The summed E-state index contributed by atoms with van der Waals surface area (Å²) < 4.78 is 24.2. The third-order valence-electron chi connectivity index (χ3n) is 4.04. The summed E-state index contributed by atoms with van der Waals surface area (Å²) in [5.41, 5.74) is 3.38. The molecule has 2 N–H and O–H groups in total. The van der Waals surface area contributed by atoms with Crippen LogP contribution in [0.15, 0.2) is 36.4 Å². The van der Waals surface area contributed by atoms with Gasteiger partial charge in [0.05, 0.1) is 36.0 Å². The summed E-state index contributed by atoms with van der Waals surface area (Å²) in [5.74, 6) is 1.30. The van der Waals surface area contributed by atoms with Crippen molar-refractivity contribution in [2.75, 3.05) is 14.2 Å². The number of imidazole rings is 1. The molecule has 0 aliphatic heterocycles. The number of aromatic amines is 2. The average molecular weight is 373 g/mol. The monoisotopic (exact) mass is 372 g/mol. The van der Waals surface area contributed by atoms with E-state index in [1.807, 2.05) is 24.3 Å². The van der Waals surface area contributed by atoms with Crippen molar-refractivity contribution >= 4 is 22.6 Å². The molecule has 0 radical (unpaired) electrons. The molecule has 2 aromatic heterocycles. The van der Waals surface area contributed by atoms with Crippen LogP contribution in [0.3, 0.4) is 0 Å². The summed E-state index contributed by atoms with van der Waals surface area (Å²) in [6.07, 6.45) is 0. The van der Waals surface area contributed by atoms with E-state index in [9.17, 15) is 4.39 Å². The average Bonchev–Trinajstić information content (AvgIpc) is 3.28. The van der Waals surface area contributed by atoms with Crippen LogP contribution in [0.2, 0.25) is 5.02 Å². The van der Waals surface area contributed by atoms with Crippen molar-refractivity contribution in [3.05, 3.63) is 47.2 Å². The van der Waals surface area contributed by atoms with E-state index in [0.29, 0.717) is 39.7 Å². The van der Waals surface area contributed by atoms with Gasteiger partial charge < -0.3 is 14.5 Å². The van der Waals surface area contributed by atoms with Gasteiger partial charge in [-0.25, -0.2) is 9.37 Å². The maximum atomic E-state index is 13.6. The molecule has 132 valence electrons. The zero-order chi connectivity index (χ0) is 18.3. The van der Waals surface area contributed by atoms with E-state index in [1.165, 1.54) is 12.1 Å². The molecule has 0 aliphatic rings. The third-order valence-corrected chi connectivity index (χ3v) is 4.33. The quantitative estimate of drug-likeness (QED) is 0.555. The van der Waals surface area contributed by atoms with Crippen LogP contribution in [0.5, 0.6) is 11.5 Å². The second kappa shape index (κ2) is 6.34. The molecule has 2 heterocycles. The number of H-pyrrole nitrogens is 2. The lowest BCUT2D eigenvalue weighted by atomic mass is 10.1. The maximum Gasteiger partial charge on any atom is 0.161 e. The summed E-state index contributed by atoms with van der Waals surface area (Å²) in [6.45, 7) is 0. The molecule has 0 saturated heterocycles. The normalized spacial score (nSPS) is 11.1. The van der Waals surface area contributed by atoms with Crippen LogP contribution in [-0.4, -0.2) is 34.4 Å². The highest BCUT2D eigenvalue weighted by atomic mass is 35.5. The number of nitrogens with one attached hydrogen (secondary N) is 2. The number of aromatic nitrogens is 4. The van der Waals surface area contributed by atoms with E-state index in [4.69, 9.17) is 21.1 Å². The van der Waals surface area contributed by atoms with Gasteiger partial charge in [0.25, 0.3) is 0 Å². The molecule has 0 spiro atoms. The van der Waals surface area contributed by atoms with E-state index >= 15 is 0 Å². The minimum absolute atomic E-state index is 0.0335. The minimum atomic E-state index is -0.495. The number of ether oxygens (including phenoxy) is 2. The van der Waals surface area contributed by atoms with E-state index in [2.05, 4.69) is 20.2 Å². The first-order valence-electron chi connectivity index (χ1n) is 7.72. The lowest BCUT2D eigenvalue weighted by Gasteiger charge is -2.08. The fourth-order valence-corrected chi connectivity index (χ4v) is 2.88. The molecule has 2 aromatic carbocycles. The van der Waals surface area contributed by atoms with Gasteiger partial charge in [0.1, 0.15) is 11.5 Å². The van der Waals surface area contributed by atoms with Crippen molar-refractivity contribution in [3.63, 3.8) is 0 Å². The molecular formula is C18H14ClFN4O2. The number of hydrogen-bond acceptors (Lipinski definition) is 4. The Morgan fingerprint density at radius 2 is 1.85 bits per heavy atom. The molecule has 0 bridgehead atoms. The number of hydrogen-bond donors (Lipinski definition) is 2. The third kappa shape index (κ3) is 2.76. The van der Waals surface area contributed by atoms with Gasteiger partial charge in [0.15, 0.2) is 17.3 Å². The van der Waals surface area contributed by atoms with Crippen molar-refractivity contribution < 1.29 is 13.9 Å². The second-order valence-corrected chi connectivity index (χ2v) is 6.01. The molecule has 4 rings (SSSR count). The SMILES string of the molecule is COc1ccc(-c2cc(-c3nc4cc(Cl)c(F)cc4[nH]3)[nH]n2)cc1OC. The van der Waals surface area contributed by atoms with Gasteiger partial charge in [-0.15, -0.1) is 0 Å². The summed E-state index contributed by atoms with van der Waals surface area (Å²) >= 11 is 5.81. The molecule has 8 heteroatoms. The zero-order valence-electron chi connectivity index (χ0n) is 13.9. The largest absolute Gasteiger partial charge is 0.493 e. The molecule has 0 fully saturated rings. The molecule has 4 aromatic rings. The Balaban J connectivity index is 1.72.